The van der Waals surface area contributed by atoms with Crippen LogP contribution in [-0.4, -0.2) is 27.7 Å². The first-order valence-corrected chi connectivity index (χ1v) is 7.30. The fourth-order valence-electron chi connectivity index (χ4n) is 2.30. The van der Waals surface area contributed by atoms with Gasteiger partial charge in [0.15, 0.2) is 5.75 Å². The predicted molar refractivity (Wildman–Crippen MR) is 83.2 cm³/mol. The zero-order valence-corrected chi connectivity index (χ0v) is 12.9. The molecule has 112 valence electrons. The van der Waals surface area contributed by atoms with Crippen LogP contribution in [0.15, 0.2) is 23.5 Å². The first-order valence-electron chi connectivity index (χ1n) is 7.30. The Morgan fingerprint density at radius 3 is 2.70 bits per heavy atom. The molecule has 0 spiro atoms. The lowest BCUT2D eigenvalue weighted by atomic mass is 10.2. The van der Waals surface area contributed by atoms with Crippen molar-refractivity contribution < 1.29 is 5.11 Å². The second kappa shape index (κ2) is 7.90. The van der Waals surface area contributed by atoms with Crippen LogP contribution in [0.1, 0.15) is 38.1 Å². The highest BCUT2D eigenvalue weighted by Gasteiger charge is 2.15. The van der Waals surface area contributed by atoms with Gasteiger partial charge in [-0.15, -0.1) is 6.58 Å². The molecule has 1 aromatic heterocycles. The maximum Gasteiger partial charge on any atom is 0.223 e. The number of aryl methyl sites for hydroxylation is 1. The van der Waals surface area contributed by atoms with Crippen LogP contribution in [0, 0.1) is 6.92 Å². The summed E-state index contributed by atoms with van der Waals surface area (Å²) in [7, 11) is 0. The van der Waals surface area contributed by atoms with Crippen LogP contribution < -0.4 is 5.43 Å². The Labute approximate surface area is 121 Å². The lowest BCUT2D eigenvalue weighted by molar-refractivity contribution is 0.262. The number of nitrogens with zero attached hydrogens (tertiary/aromatic N) is 2. The van der Waals surface area contributed by atoms with Gasteiger partial charge in [0.2, 0.25) is 5.43 Å². The molecule has 0 radical (unpaired) electrons. The van der Waals surface area contributed by atoms with Crippen LogP contribution in [0.3, 0.4) is 0 Å². The molecule has 0 bridgehead atoms. The fraction of sp³-hybridized carbons (Fsp3) is 0.562. The first-order chi connectivity index (χ1) is 9.54. The van der Waals surface area contributed by atoms with Gasteiger partial charge >= 0.3 is 0 Å². The third-order valence-electron chi connectivity index (χ3n) is 3.56. The highest BCUT2D eigenvalue weighted by atomic mass is 16.3. The zero-order chi connectivity index (χ0) is 15.1. The second-order valence-corrected chi connectivity index (χ2v) is 5.07. The monoisotopic (exact) mass is 278 g/mol. The zero-order valence-electron chi connectivity index (χ0n) is 12.9. The molecule has 0 aromatic carbocycles. The number of hydrogen-bond acceptors (Lipinski definition) is 3. The maximum atomic E-state index is 11.8. The van der Waals surface area contributed by atoms with Crippen molar-refractivity contribution in [1.82, 2.24) is 9.47 Å². The van der Waals surface area contributed by atoms with Crippen LogP contribution in [0.2, 0.25) is 0 Å². The van der Waals surface area contributed by atoms with Crippen LogP contribution in [0.4, 0.5) is 0 Å². The first kappa shape index (κ1) is 16.5. The van der Waals surface area contributed by atoms with Gasteiger partial charge in [-0.1, -0.05) is 26.3 Å². The number of pyridine rings is 1. The second-order valence-electron chi connectivity index (χ2n) is 5.07. The smallest absolute Gasteiger partial charge is 0.223 e. The van der Waals surface area contributed by atoms with Gasteiger partial charge in [-0.2, -0.15) is 0 Å². The molecule has 0 fully saturated rings. The van der Waals surface area contributed by atoms with E-state index >= 15 is 0 Å². The van der Waals surface area contributed by atoms with E-state index in [0.29, 0.717) is 18.8 Å². The Morgan fingerprint density at radius 2 is 2.15 bits per heavy atom. The summed E-state index contributed by atoms with van der Waals surface area (Å²) in [6, 6.07) is 1.48. The molecule has 1 rings (SSSR count). The summed E-state index contributed by atoms with van der Waals surface area (Å²) in [5.74, 6) is -0.132. The molecule has 0 atom stereocenters. The summed E-state index contributed by atoms with van der Waals surface area (Å²) in [5.41, 5.74) is 1.24. The highest BCUT2D eigenvalue weighted by molar-refractivity contribution is 5.30. The van der Waals surface area contributed by atoms with E-state index in [9.17, 15) is 9.90 Å². The summed E-state index contributed by atoms with van der Waals surface area (Å²) >= 11 is 0. The van der Waals surface area contributed by atoms with Crippen LogP contribution >= 0.6 is 0 Å². The molecule has 0 saturated carbocycles. The summed E-state index contributed by atoms with van der Waals surface area (Å²) in [5, 5.41) is 10.1. The van der Waals surface area contributed by atoms with Gasteiger partial charge in [-0.25, -0.2) is 0 Å². The van der Waals surface area contributed by atoms with E-state index in [2.05, 4.69) is 25.3 Å². The fourth-order valence-corrected chi connectivity index (χ4v) is 2.30. The van der Waals surface area contributed by atoms with Gasteiger partial charge < -0.3 is 9.67 Å². The lowest BCUT2D eigenvalue weighted by Gasteiger charge is -2.24. The van der Waals surface area contributed by atoms with Crippen LogP contribution in [-0.2, 0) is 13.1 Å². The molecule has 0 aliphatic carbocycles. The summed E-state index contributed by atoms with van der Waals surface area (Å²) < 4.78 is 1.96. The molecular weight excluding hydrogens is 252 g/mol. The maximum absolute atomic E-state index is 11.8. The molecule has 1 N–H and O–H groups in total. The minimum absolute atomic E-state index is 0.132. The van der Waals surface area contributed by atoms with E-state index in [0.717, 1.165) is 31.6 Å². The Balaban J connectivity index is 3.13. The van der Waals surface area contributed by atoms with Crippen molar-refractivity contribution in [3.05, 3.63) is 40.3 Å². The standard InChI is InChI=1S/C16H26N2O2/c1-5-8-10-17(7-3)12-14-16(20)15(19)11-13(4)18(14)9-6-2/h6,11,20H,2,5,7-10,12H2,1,3-4H3. The quantitative estimate of drug-likeness (QED) is 0.744. The van der Waals surface area contributed by atoms with Gasteiger partial charge in [0.05, 0.1) is 5.69 Å². The summed E-state index contributed by atoms with van der Waals surface area (Å²) in [4.78, 5) is 14.0. The van der Waals surface area contributed by atoms with Gasteiger partial charge in [-0.05, 0) is 26.4 Å². The normalized spacial score (nSPS) is 11.0. The average Bonchev–Trinajstić information content (AvgIpc) is 2.43. The van der Waals surface area contributed by atoms with Gasteiger partial charge in [0.25, 0.3) is 0 Å². The Bertz CT molecular complexity index is 506. The molecule has 0 unspecified atom stereocenters. The third-order valence-corrected chi connectivity index (χ3v) is 3.56. The Kier molecular flexibility index (Phi) is 6.52. The molecule has 1 heterocycles. The molecule has 0 amide bonds. The predicted octanol–water partition coefficient (Wildman–Crippen LogP) is 2.67. The Hall–Kier alpha value is -1.55. The van der Waals surface area contributed by atoms with E-state index in [4.69, 9.17) is 0 Å². The highest BCUT2D eigenvalue weighted by Crippen LogP contribution is 2.17. The SMILES string of the molecule is C=CCn1c(C)cc(=O)c(O)c1CN(CC)CCCC. The lowest BCUT2D eigenvalue weighted by Crippen LogP contribution is -2.28. The van der Waals surface area contributed by atoms with Gasteiger partial charge in [-0.3, -0.25) is 9.69 Å². The number of unbranched alkanes of at least 4 members (excludes halogenated alkanes) is 1. The number of allylic oxidation sites excluding steroid dienone is 1. The van der Waals surface area contributed by atoms with Crippen molar-refractivity contribution in [3.8, 4) is 5.75 Å². The minimum atomic E-state index is -0.302. The summed E-state index contributed by atoms with van der Waals surface area (Å²) in [6.07, 6.45) is 4.03. The van der Waals surface area contributed by atoms with Gasteiger partial charge in [0, 0.05) is 24.8 Å². The van der Waals surface area contributed by atoms with Crippen molar-refractivity contribution in [1.29, 1.82) is 0 Å². The number of hydrogen-bond donors (Lipinski definition) is 1. The van der Waals surface area contributed by atoms with E-state index < -0.39 is 0 Å². The van der Waals surface area contributed by atoms with Crippen molar-refractivity contribution in [2.45, 2.75) is 46.7 Å². The van der Waals surface area contributed by atoms with E-state index in [1.54, 1.807) is 6.08 Å². The molecule has 4 nitrogen and oxygen atoms in total. The number of rotatable bonds is 8. The molecule has 20 heavy (non-hydrogen) atoms. The third kappa shape index (κ3) is 3.97. The molecule has 1 aromatic rings. The van der Waals surface area contributed by atoms with E-state index in [1.165, 1.54) is 6.07 Å². The molecular formula is C16H26N2O2. The van der Waals surface area contributed by atoms with E-state index in [1.807, 2.05) is 11.5 Å². The average molecular weight is 278 g/mol. The number of aromatic nitrogens is 1. The molecule has 4 heteroatoms. The van der Waals surface area contributed by atoms with Crippen molar-refractivity contribution >= 4 is 0 Å². The van der Waals surface area contributed by atoms with Crippen molar-refractivity contribution in [2.75, 3.05) is 13.1 Å². The van der Waals surface area contributed by atoms with Crippen LogP contribution in [0.5, 0.6) is 5.75 Å². The van der Waals surface area contributed by atoms with Crippen molar-refractivity contribution in [2.24, 2.45) is 0 Å². The topological polar surface area (TPSA) is 45.5 Å². The van der Waals surface area contributed by atoms with Crippen molar-refractivity contribution in [3.63, 3.8) is 0 Å². The molecule has 0 aliphatic rings. The summed E-state index contributed by atoms with van der Waals surface area (Å²) in [6.45, 7) is 12.9. The van der Waals surface area contributed by atoms with E-state index in [-0.39, 0.29) is 11.2 Å². The Morgan fingerprint density at radius 1 is 1.45 bits per heavy atom. The number of aromatic hydroxyl groups is 1. The largest absolute Gasteiger partial charge is 0.503 e. The molecule has 0 aliphatic heterocycles. The minimum Gasteiger partial charge on any atom is -0.503 e. The van der Waals surface area contributed by atoms with Gasteiger partial charge in [0.1, 0.15) is 0 Å². The molecule has 0 saturated heterocycles. The van der Waals surface area contributed by atoms with Crippen LogP contribution in [0.25, 0.3) is 0 Å².